The highest BCUT2D eigenvalue weighted by Gasteiger charge is 2.06. The van der Waals surface area contributed by atoms with Gasteiger partial charge in [-0.25, -0.2) is 0 Å². The SMILES string of the molecule is N#Cc1ccc2oc(CCCCCCCCCCc3cc4cc(C#N)ccc4o3)cc2c1. The molecule has 0 radical (unpaired) electrons. The van der Waals surface area contributed by atoms with Gasteiger partial charge in [0.05, 0.1) is 23.3 Å². The molecule has 4 heteroatoms. The van der Waals surface area contributed by atoms with Gasteiger partial charge in [-0.1, -0.05) is 38.5 Å². The summed E-state index contributed by atoms with van der Waals surface area (Å²) in [6.45, 7) is 0. The molecule has 0 aliphatic heterocycles. The van der Waals surface area contributed by atoms with Crippen molar-refractivity contribution in [2.75, 3.05) is 0 Å². The minimum absolute atomic E-state index is 0.677. The topological polar surface area (TPSA) is 73.9 Å². The highest BCUT2D eigenvalue weighted by atomic mass is 16.3. The number of hydrogen-bond acceptors (Lipinski definition) is 4. The van der Waals surface area contributed by atoms with Gasteiger partial charge in [0.1, 0.15) is 22.7 Å². The van der Waals surface area contributed by atoms with E-state index >= 15 is 0 Å². The van der Waals surface area contributed by atoms with Crippen LogP contribution in [0.2, 0.25) is 0 Å². The molecule has 2 aromatic carbocycles. The average Bonchev–Trinajstić information content (AvgIpc) is 3.42. The molecule has 0 aliphatic carbocycles. The normalized spacial score (nSPS) is 11.1. The molecule has 2 aromatic heterocycles. The molecule has 4 rings (SSSR count). The van der Waals surface area contributed by atoms with Crippen molar-refractivity contribution >= 4 is 21.9 Å². The zero-order chi connectivity index (χ0) is 22.2. The van der Waals surface area contributed by atoms with E-state index < -0.39 is 0 Å². The highest BCUT2D eigenvalue weighted by molar-refractivity contribution is 5.80. The molecule has 32 heavy (non-hydrogen) atoms. The largest absolute Gasteiger partial charge is 0.461 e. The van der Waals surface area contributed by atoms with Gasteiger partial charge in [-0.2, -0.15) is 10.5 Å². The van der Waals surface area contributed by atoms with Crippen molar-refractivity contribution in [2.45, 2.75) is 64.2 Å². The minimum atomic E-state index is 0.677. The van der Waals surface area contributed by atoms with E-state index in [2.05, 4.69) is 24.3 Å². The van der Waals surface area contributed by atoms with Crippen LogP contribution in [0.15, 0.2) is 57.4 Å². The number of aryl methyl sites for hydroxylation is 2. The first-order valence-electron chi connectivity index (χ1n) is 11.6. The Kier molecular flexibility index (Phi) is 7.26. The van der Waals surface area contributed by atoms with Crippen LogP contribution < -0.4 is 0 Å². The number of unbranched alkanes of at least 4 members (excludes halogenated alkanes) is 7. The van der Waals surface area contributed by atoms with Crippen LogP contribution in [0.4, 0.5) is 0 Å². The summed E-state index contributed by atoms with van der Waals surface area (Å²) < 4.78 is 11.8. The Bertz CT molecular complexity index is 1170. The molecule has 0 bridgehead atoms. The summed E-state index contributed by atoms with van der Waals surface area (Å²) in [5.74, 6) is 2.04. The third kappa shape index (κ3) is 5.59. The summed E-state index contributed by atoms with van der Waals surface area (Å²) in [6.07, 6.45) is 11.8. The third-order valence-corrected chi connectivity index (χ3v) is 5.99. The number of furan rings is 2. The molecular formula is C28H28N2O2. The Balaban J connectivity index is 1.06. The Morgan fingerprint density at radius 1 is 0.531 bits per heavy atom. The fourth-order valence-electron chi connectivity index (χ4n) is 4.24. The lowest BCUT2D eigenvalue weighted by atomic mass is 10.1. The molecule has 0 unspecified atom stereocenters. The van der Waals surface area contributed by atoms with E-state index in [1.54, 1.807) is 12.1 Å². The summed E-state index contributed by atoms with van der Waals surface area (Å²) in [5, 5.41) is 20.0. The average molecular weight is 425 g/mol. The van der Waals surface area contributed by atoms with Gasteiger partial charge in [-0.15, -0.1) is 0 Å². The van der Waals surface area contributed by atoms with Crippen LogP contribution in [0.1, 0.15) is 74.0 Å². The summed E-state index contributed by atoms with van der Waals surface area (Å²) >= 11 is 0. The van der Waals surface area contributed by atoms with Crippen molar-refractivity contribution in [1.82, 2.24) is 0 Å². The molecule has 0 saturated heterocycles. The van der Waals surface area contributed by atoms with Gasteiger partial charge in [0, 0.05) is 23.6 Å². The maximum absolute atomic E-state index is 9.00. The molecule has 0 aliphatic rings. The van der Waals surface area contributed by atoms with Crippen molar-refractivity contribution < 1.29 is 8.83 Å². The molecule has 0 saturated carbocycles. The summed E-state index contributed by atoms with van der Waals surface area (Å²) in [5.41, 5.74) is 3.09. The molecule has 162 valence electrons. The number of fused-ring (bicyclic) bond motifs is 2. The molecule has 0 fully saturated rings. The van der Waals surface area contributed by atoms with Gasteiger partial charge < -0.3 is 8.83 Å². The van der Waals surface area contributed by atoms with Crippen molar-refractivity contribution in [3.63, 3.8) is 0 Å². The van der Waals surface area contributed by atoms with Crippen molar-refractivity contribution in [3.8, 4) is 12.1 Å². The van der Waals surface area contributed by atoms with E-state index in [1.165, 1.54) is 38.5 Å². The summed E-state index contributed by atoms with van der Waals surface area (Å²) in [6, 6.07) is 19.6. The monoisotopic (exact) mass is 424 g/mol. The van der Waals surface area contributed by atoms with Gasteiger partial charge in [0.25, 0.3) is 0 Å². The number of rotatable bonds is 11. The van der Waals surface area contributed by atoms with E-state index in [-0.39, 0.29) is 0 Å². The fraction of sp³-hybridized carbons (Fsp3) is 0.357. The van der Waals surface area contributed by atoms with Crippen LogP contribution in [-0.4, -0.2) is 0 Å². The first kappa shape index (κ1) is 21.7. The van der Waals surface area contributed by atoms with E-state index in [4.69, 9.17) is 19.4 Å². The zero-order valence-electron chi connectivity index (χ0n) is 18.4. The van der Waals surface area contributed by atoms with Crippen molar-refractivity contribution in [2.24, 2.45) is 0 Å². The maximum Gasteiger partial charge on any atom is 0.134 e. The quantitative estimate of drug-likeness (QED) is 0.230. The smallest absolute Gasteiger partial charge is 0.134 e. The summed E-state index contributed by atoms with van der Waals surface area (Å²) in [4.78, 5) is 0. The second-order valence-corrected chi connectivity index (χ2v) is 8.48. The van der Waals surface area contributed by atoms with Gasteiger partial charge in [-0.3, -0.25) is 0 Å². The van der Waals surface area contributed by atoms with Gasteiger partial charge in [0.2, 0.25) is 0 Å². The van der Waals surface area contributed by atoms with Crippen LogP contribution in [0.5, 0.6) is 0 Å². The molecule has 0 amide bonds. The Morgan fingerprint density at radius 3 is 1.34 bits per heavy atom. The molecule has 4 nitrogen and oxygen atoms in total. The van der Waals surface area contributed by atoms with Crippen LogP contribution in [-0.2, 0) is 12.8 Å². The van der Waals surface area contributed by atoms with E-state index in [1.807, 2.05) is 24.3 Å². The predicted molar refractivity (Wildman–Crippen MR) is 126 cm³/mol. The zero-order valence-corrected chi connectivity index (χ0v) is 18.4. The maximum atomic E-state index is 9.00. The molecule has 2 heterocycles. The van der Waals surface area contributed by atoms with E-state index in [0.717, 1.165) is 59.1 Å². The van der Waals surface area contributed by atoms with Crippen molar-refractivity contribution in [3.05, 3.63) is 71.2 Å². The molecule has 4 aromatic rings. The highest BCUT2D eigenvalue weighted by Crippen LogP contribution is 2.23. The molecular weight excluding hydrogens is 396 g/mol. The standard InChI is InChI=1S/C28H28N2O2/c29-19-21-11-13-27-23(15-21)17-25(31-27)9-7-5-3-1-2-4-6-8-10-26-18-24-16-22(20-30)12-14-28(24)32-26/h11-18H,1-10H2. The Morgan fingerprint density at radius 2 is 0.938 bits per heavy atom. The number of nitrogens with zero attached hydrogens (tertiary/aromatic N) is 2. The number of benzene rings is 2. The minimum Gasteiger partial charge on any atom is -0.461 e. The van der Waals surface area contributed by atoms with E-state index in [9.17, 15) is 0 Å². The summed E-state index contributed by atoms with van der Waals surface area (Å²) in [7, 11) is 0. The Labute approximate surface area is 189 Å². The van der Waals surface area contributed by atoms with E-state index in [0.29, 0.717) is 11.1 Å². The first-order chi connectivity index (χ1) is 15.7. The molecule has 0 N–H and O–H groups in total. The lowest BCUT2D eigenvalue weighted by molar-refractivity contribution is 0.508. The fourth-order valence-corrected chi connectivity index (χ4v) is 4.24. The van der Waals surface area contributed by atoms with Crippen LogP contribution >= 0.6 is 0 Å². The Hall–Kier alpha value is -3.50. The second-order valence-electron chi connectivity index (χ2n) is 8.48. The predicted octanol–water partition coefficient (Wildman–Crippen LogP) is 7.83. The first-order valence-corrected chi connectivity index (χ1v) is 11.6. The lowest BCUT2D eigenvalue weighted by Crippen LogP contribution is -1.86. The van der Waals surface area contributed by atoms with Crippen LogP contribution in [0.25, 0.3) is 21.9 Å². The van der Waals surface area contributed by atoms with Crippen LogP contribution in [0.3, 0.4) is 0 Å². The molecule has 0 atom stereocenters. The van der Waals surface area contributed by atoms with Crippen LogP contribution in [0, 0.1) is 22.7 Å². The molecule has 0 spiro atoms. The number of nitriles is 2. The van der Waals surface area contributed by atoms with Gasteiger partial charge >= 0.3 is 0 Å². The van der Waals surface area contributed by atoms with Gasteiger partial charge in [0.15, 0.2) is 0 Å². The second kappa shape index (κ2) is 10.7. The van der Waals surface area contributed by atoms with Crippen molar-refractivity contribution in [1.29, 1.82) is 10.5 Å². The number of hydrogen-bond donors (Lipinski definition) is 0. The lowest BCUT2D eigenvalue weighted by Gasteiger charge is -2.02. The third-order valence-electron chi connectivity index (χ3n) is 5.99. The van der Waals surface area contributed by atoms with Gasteiger partial charge in [-0.05, 0) is 61.4 Å².